The number of carbonyl (C=O) groups is 2. The van der Waals surface area contributed by atoms with Crippen LogP contribution in [0.3, 0.4) is 0 Å². The lowest BCUT2D eigenvalue weighted by molar-refractivity contribution is -0.712. The molecule has 0 aliphatic heterocycles. The van der Waals surface area contributed by atoms with E-state index in [0.29, 0.717) is 72.6 Å². The van der Waals surface area contributed by atoms with E-state index in [9.17, 15) is 30.0 Å². The summed E-state index contributed by atoms with van der Waals surface area (Å²) in [5.41, 5.74) is 6.38. The van der Waals surface area contributed by atoms with Crippen molar-refractivity contribution in [3.05, 3.63) is 83.9 Å². The molecule has 4 aromatic carbocycles. The number of nitrogens with one attached hydrogen (secondary N) is 4. The first-order chi connectivity index (χ1) is 34.8. The Morgan fingerprint density at radius 2 is 0.918 bits per heavy atom. The van der Waals surface area contributed by atoms with Gasteiger partial charge in [-0.15, -0.1) is 9.36 Å². The molecule has 24 heteroatoms. The first-order valence-electron chi connectivity index (χ1n) is 23.3. The highest BCUT2D eigenvalue weighted by Gasteiger charge is 2.25. The number of hydrogen-bond donors (Lipinski definition) is 8. The van der Waals surface area contributed by atoms with Crippen molar-refractivity contribution in [1.82, 2.24) is 10.2 Å². The zero-order valence-electron chi connectivity index (χ0n) is 42.5. The van der Waals surface area contributed by atoms with Gasteiger partial charge in [0.15, 0.2) is 0 Å². The van der Waals surface area contributed by atoms with Crippen molar-refractivity contribution in [2.45, 2.75) is 72.4 Å². The van der Waals surface area contributed by atoms with E-state index in [1.165, 1.54) is 36.5 Å². The van der Waals surface area contributed by atoms with E-state index in [1.807, 2.05) is 48.5 Å². The van der Waals surface area contributed by atoms with Gasteiger partial charge in [0.05, 0.1) is 71.6 Å². The molecule has 0 bridgehead atoms. The summed E-state index contributed by atoms with van der Waals surface area (Å²) in [6.07, 6.45) is -1.92. The summed E-state index contributed by atoms with van der Waals surface area (Å²) in [4.78, 5) is 28.2. The number of methoxy groups -OCH3 is 2. The molecule has 0 radical (unpaired) electrons. The second kappa shape index (κ2) is 25.4. The topological polar surface area (TPSA) is 271 Å². The zero-order valence-corrected chi connectivity index (χ0v) is 44.1. The van der Waals surface area contributed by atoms with Crippen LogP contribution in [0.2, 0.25) is 0 Å². The quantitative estimate of drug-likeness (QED) is 0.0220. The maximum atomic E-state index is 12.3. The van der Waals surface area contributed by atoms with Crippen LogP contribution < -0.4 is 49.9 Å². The number of anilines is 8. The Morgan fingerprint density at radius 1 is 0.575 bits per heavy atom. The fourth-order valence-corrected chi connectivity index (χ4v) is 9.13. The predicted octanol–water partition coefficient (Wildman–Crippen LogP) is 7.23. The molecule has 0 saturated carbocycles. The van der Waals surface area contributed by atoms with Gasteiger partial charge >= 0.3 is 10.3 Å². The maximum Gasteiger partial charge on any atom is 0.431 e. The number of aliphatic hydroxyl groups is 4. The Balaban J connectivity index is 1.14. The highest BCUT2D eigenvalue weighted by Crippen LogP contribution is 2.41. The number of amides is 2. The van der Waals surface area contributed by atoms with Crippen molar-refractivity contribution in [2.24, 2.45) is 34.6 Å². The number of aliphatic hydroxyl groups excluding tert-OH is 4. The van der Waals surface area contributed by atoms with Crippen LogP contribution in [0.4, 0.5) is 66.0 Å². The number of nitrogens with zero attached hydrogens (tertiary/aromatic N) is 10. The lowest BCUT2D eigenvalue weighted by Crippen LogP contribution is -2.38. The van der Waals surface area contributed by atoms with E-state index >= 15 is 0 Å². The van der Waals surface area contributed by atoms with Gasteiger partial charge in [-0.2, -0.15) is 0 Å². The minimum Gasteiger partial charge on any atom is -0.494 e. The summed E-state index contributed by atoms with van der Waals surface area (Å²) < 4.78 is 14.6. The normalized spacial score (nSPS) is 13.1. The number of benzene rings is 4. The summed E-state index contributed by atoms with van der Waals surface area (Å²) in [5, 5.41) is 81.5. The Morgan fingerprint density at radius 3 is 1.22 bits per heavy atom. The number of ether oxygens (including phenoxy) is 2. The van der Waals surface area contributed by atoms with E-state index in [0.717, 1.165) is 22.5 Å². The van der Waals surface area contributed by atoms with Gasteiger partial charge in [-0.3, -0.25) is 9.59 Å². The summed E-state index contributed by atoms with van der Waals surface area (Å²) in [6, 6.07) is 22.7. The van der Waals surface area contributed by atoms with Crippen molar-refractivity contribution in [3.63, 3.8) is 0 Å². The first-order valence-corrected chi connectivity index (χ1v) is 24.9. The first kappa shape index (κ1) is 55.1. The van der Waals surface area contributed by atoms with Crippen LogP contribution >= 0.6 is 22.7 Å². The van der Waals surface area contributed by atoms with Gasteiger partial charge in [0, 0.05) is 63.5 Å². The zero-order chi connectivity index (χ0) is 52.9. The minimum absolute atomic E-state index is 0.276. The molecular formula is C49H64N14O8S2+2. The molecule has 0 aliphatic carbocycles. The van der Waals surface area contributed by atoms with Crippen LogP contribution in [0, 0.1) is 0 Å². The molecule has 73 heavy (non-hydrogen) atoms. The van der Waals surface area contributed by atoms with E-state index in [4.69, 9.17) is 9.47 Å². The largest absolute Gasteiger partial charge is 0.494 e. The van der Waals surface area contributed by atoms with Gasteiger partial charge in [0.1, 0.15) is 37.0 Å². The molecule has 388 valence electrons. The smallest absolute Gasteiger partial charge is 0.431 e. The second-order valence-corrected chi connectivity index (χ2v) is 19.4. The second-order valence-electron chi connectivity index (χ2n) is 17.5. The van der Waals surface area contributed by atoms with Crippen molar-refractivity contribution in [2.75, 3.05) is 71.5 Å². The molecule has 4 atom stereocenters. The van der Waals surface area contributed by atoms with Gasteiger partial charge in [-0.1, -0.05) is 34.5 Å². The average Bonchev–Trinajstić information content (AvgIpc) is 3.89. The SMILES string of the molecule is COc1cc(N=Nc2sc(N(CC(C)O)CC(C)O)n[n+]2C)c(NC(C)=O)cc1Nc1ccc(Cc2ccc(Nc3cc(NC(C)=O)c(N=Nc4sc(N(CC(C)O)CC(C)O)n[n+]4C)cc3OC)cc2)cc1. The average molecular weight is 1040 g/mol. The molecule has 6 rings (SSSR count). The van der Waals surface area contributed by atoms with Gasteiger partial charge in [-0.05, 0) is 115 Å². The van der Waals surface area contributed by atoms with Crippen LogP contribution in [-0.4, -0.2) is 107 Å². The lowest BCUT2D eigenvalue weighted by atomic mass is 10.0. The third-order valence-corrected chi connectivity index (χ3v) is 12.6. The van der Waals surface area contributed by atoms with Crippen LogP contribution in [-0.2, 0) is 30.1 Å². The van der Waals surface area contributed by atoms with Crippen LogP contribution in [0.1, 0.15) is 52.7 Å². The van der Waals surface area contributed by atoms with Crippen LogP contribution in [0.15, 0.2) is 93.3 Å². The van der Waals surface area contributed by atoms with E-state index < -0.39 is 24.4 Å². The standard InChI is InChI=1S/C49H62N14O8S2/c1-28(64)24-62(25-29(2)65)48-58-60(7)46(72-48)56-54-40-22-44(70-9)42(20-38(40)50-32(5)68)52-36-15-11-34(12-16-36)19-35-13-17-37(18-14-35)53-43-21-39(51-33(6)69)41(23-45(43)71-10)55-57-47-61(8)59-49(73-47)63(26-30(3)66)27-31(4)67/h11-18,20-23,28-31,64-67H,19,24-27H2,1-10H3,(H2,50,51,52,53,68,69)/p+2. The molecule has 0 aliphatic rings. The summed E-state index contributed by atoms with van der Waals surface area (Å²) in [5.74, 6) is 0.329. The predicted molar refractivity (Wildman–Crippen MR) is 283 cm³/mol. The molecule has 0 fully saturated rings. The van der Waals surface area contributed by atoms with Crippen LogP contribution in [0.5, 0.6) is 11.5 Å². The number of aryl methyl sites for hydroxylation is 2. The third-order valence-electron chi connectivity index (χ3n) is 10.5. The highest BCUT2D eigenvalue weighted by atomic mass is 32.1. The summed E-state index contributed by atoms with van der Waals surface area (Å²) in [7, 11) is 6.53. The monoisotopic (exact) mass is 1040 g/mol. The summed E-state index contributed by atoms with van der Waals surface area (Å²) in [6.45, 7) is 10.6. The molecule has 2 amide bonds. The molecule has 4 unspecified atom stereocenters. The van der Waals surface area contributed by atoms with Gasteiger partial charge in [-0.25, -0.2) is 0 Å². The number of rotatable bonds is 24. The minimum atomic E-state index is -0.643. The number of azo groups is 2. The van der Waals surface area contributed by atoms with Crippen molar-refractivity contribution >= 4 is 101 Å². The fourth-order valence-electron chi connectivity index (χ4n) is 7.41. The maximum absolute atomic E-state index is 12.3. The Bertz CT molecular complexity index is 2680. The number of hydrogen-bond acceptors (Lipinski definition) is 20. The molecule has 0 spiro atoms. The molecule has 6 aromatic rings. The number of aromatic nitrogens is 4. The van der Waals surface area contributed by atoms with Crippen LogP contribution in [0.25, 0.3) is 0 Å². The van der Waals surface area contributed by atoms with E-state index in [1.54, 1.807) is 99.4 Å². The molecule has 2 aromatic heterocycles. The highest BCUT2D eigenvalue weighted by molar-refractivity contribution is 7.18. The van der Waals surface area contributed by atoms with Gasteiger partial charge in [0.25, 0.3) is 0 Å². The molecule has 22 nitrogen and oxygen atoms in total. The molecule has 8 N–H and O–H groups in total. The number of carbonyl (C=O) groups excluding carboxylic acids is 2. The van der Waals surface area contributed by atoms with Gasteiger partial charge < -0.3 is 61.0 Å². The van der Waals surface area contributed by atoms with E-state index in [2.05, 4.69) is 51.9 Å². The van der Waals surface area contributed by atoms with Gasteiger partial charge in [0.2, 0.25) is 22.1 Å². The molecule has 0 saturated heterocycles. The van der Waals surface area contributed by atoms with E-state index in [-0.39, 0.29) is 38.0 Å². The Hall–Kier alpha value is -7.22. The fraction of sp³-hybridized carbons (Fsp3) is 0.388. The molecule has 2 heterocycles. The summed E-state index contributed by atoms with van der Waals surface area (Å²) >= 11 is 2.49. The lowest BCUT2D eigenvalue weighted by Gasteiger charge is -2.23. The Labute approximate surface area is 431 Å². The van der Waals surface area contributed by atoms with Crippen molar-refractivity contribution < 1.29 is 48.9 Å². The Kier molecular flexibility index (Phi) is 19.2. The van der Waals surface area contributed by atoms with Crippen molar-refractivity contribution in [1.29, 1.82) is 0 Å². The molecular weight excluding hydrogens is 977 g/mol. The van der Waals surface area contributed by atoms with Crippen molar-refractivity contribution in [3.8, 4) is 11.5 Å². The third kappa shape index (κ3) is 15.9.